The van der Waals surface area contributed by atoms with Gasteiger partial charge in [-0.1, -0.05) is 13.8 Å². The van der Waals surface area contributed by atoms with Crippen LogP contribution < -0.4 is 5.73 Å². The van der Waals surface area contributed by atoms with Crippen LogP contribution in [0.15, 0.2) is 9.98 Å². The molecule has 0 amide bonds. The van der Waals surface area contributed by atoms with E-state index in [4.69, 9.17) is 5.73 Å². The van der Waals surface area contributed by atoms with Crippen molar-refractivity contribution in [2.24, 2.45) is 21.6 Å². The zero-order valence-electron chi connectivity index (χ0n) is 7.05. The summed E-state index contributed by atoms with van der Waals surface area (Å²) in [7, 11) is 1.72. The average Bonchev–Trinajstić information content (AvgIpc) is 1.81. The molecule has 0 aliphatic carbocycles. The molecule has 3 heteroatoms. The summed E-state index contributed by atoms with van der Waals surface area (Å²) in [6.07, 6.45) is 0. The molecule has 0 aromatic rings. The van der Waals surface area contributed by atoms with Gasteiger partial charge < -0.3 is 5.73 Å². The maximum Gasteiger partial charge on any atom is 0.127 e. The van der Waals surface area contributed by atoms with Gasteiger partial charge in [0.25, 0.3) is 0 Å². The molecule has 0 aromatic heterocycles. The predicted octanol–water partition coefficient (Wildman–Crippen LogP) is 1.05. The van der Waals surface area contributed by atoms with E-state index < -0.39 is 0 Å². The van der Waals surface area contributed by atoms with Gasteiger partial charge in [0.15, 0.2) is 0 Å². The van der Waals surface area contributed by atoms with E-state index in [0.717, 1.165) is 5.84 Å². The van der Waals surface area contributed by atoms with Crippen molar-refractivity contribution in [3.63, 3.8) is 0 Å². The quantitative estimate of drug-likeness (QED) is 0.430. The molecule has 0 aliphatic rings. The Bertz CT molecular complexity index is 152. The van der Waals surface area contributed by atoms with Gasteiger partial charge in [-0.2, -0.15) is 0 Å². The lowest BCUT2D eigenvalue weighted by molar-refractivity contribution is 0.869. The fourth-order valence-corrected chi connectivity index (χ4v) is 0.618. The van der Waals surface area contributed by atoms with Crippen LogP contribution >= 0.6 is 0 Å². The molecule has 0 aliphatic heterocycles. The lowest BCUT2D eigenvalue weighted by atomic mass is 10.2. The molecule has 0 fully saturated rings. The summed E-state index contributed by atoms with van der Waals surface area (Å²) in [5.41, 5.74) is 5.38. The third-order valence-corrected chi connectivity index (χ3v) is 1.04. The number of nitrogens with two attached hydrogens (primary N) is 1. The molecule has 3 nitrogen and oxygen atoms in total. The van der Waals surface area contributed by atoms with Crippen LogP contribution in [0.2, 0.25) is 0 Å². The van der Waals surface area contributed by atoms with E-state index in [1.54, 1.807) is 14.0 Å². The first-order valence-electron chi connectivity index (χ1n) is 3.35. The monoisotopic (exact) mass is 141 g/mol. The molecule has 0 bridgehead atoms. The minimum Gasteiger partial charge on any atom is -0.387 e. The van der Waals surface area contributed by atoms with Gasteiger partial charge in [0.05, 0.1) is 5.84 Å². The Hall–Kier alpha value is -0.860. The molecule has 0 unspecified atom stereocenters. The first-order valence-corrected chi connectivity index (χ1v) is 3.35. The molecule has 0 atom stereocenters. The van der Waals surface area contributed by atoms with Crippen molar-refractivity contribution in [2.75, 3.05) is 7.05 Å². The summed E-state index contributed by atoms with van der Waals surface area (Å²) in [5.74, 6) is 1.72. The Kier molecular flexibility index (Phi) is 3.69. The molecule has 0 saturated heterocycles. The summed E-state index contributed by atoms with van der Waals surface area (Å²) in [6, 6.07) is 0. The van der Waals surface area contributed by atoms with E-state index in [1.807, 2.05) is 13.8 Å². The molecule has 0 heterocycles. The second-order valence-electron chi connectivity index (χ2n) is 2.49. The van der Waals surface area contributed by atoms with Crippen molar-refractivity contribution in [3.05, 3.63) is 0 Å². The molecule has 58 valence electrons. The Labute approximate surface area is 62.1 Å². The molecule has 2 N–H and O–H groups in total. The Balaban J connectivity index is 4.26. The van der Waals surface area contributed by atoms with E-state index >= 15 is 0 Å². The van der Waals surface area contributed by atoms with Crippen molar-refractivity contribution < 1.29 is 0 Å². The minimum atomic E-state index is 0.350. The highest BCUT2D eigenvalue weighted by Crippen LogP contribution is 1.97. The standard InChI is InChI=1S/C7H15N3/c1-5(2)7(9-4)10-6(3)8/h5H,1-4H3,(H2,8,9,10). The Morgan fingerprint density at radius 3 is 2.00 bits per heavy atom. The van der Waals surface area contributed by atoms with Crippen LogP contribution in [0, 0.1) is 5.92 Å². The fraction of sp³-hybridized carbons (Fsp3) is 0.714. The molecular weight excluding hydrogens is 126 g/mol. The van der Waals surface area contributed by atoms with Gasteiger partial charge >= 0.3 is 0 Å². The van der Waals surface area contributed by atoms with E-state index in [1.165, 1.54) is 0 Å². The number of aliphatic imine (C=N–C) groups is 2. The van der Waals surface area contributed by atoms with Gasteiger partial charge in [-0.05, 0) is 6.92 Å². The van der Waals surface area contributed by atoms with Gasteiger partial charge in [-0.15, -0.1) is 0 Å². The van der Waals surface area contributed by atoms with Crippen molar-refractivity contribution in [3.8, 4) is 0 Å². The first-order chi connectivity index (χ1) is 4.57. The maximum atomic E-state index is 5.38. The second-order valence-corrected chi connectivity index (χ2v) is 2.49. The fourth-order valence-electron chi connectivity index (χ4n) is 0.618. The molecule has 0 spiro atoms. The smallest absolute Gasteiger partial charge is 0.127 e. The largest absolute Gasteiger partial charge is 0.387 e. The van der Waals surface area contributed by atoms with Crippen LogP contribution in [0.1, 0.15) is 20.8 Å². The highest BCUT2D eigenvalue weighted by atomic mass is 14.9. The van der Waals surface area contributed by atoms with Crippen molar-refractivity contribution in [1.82, 2.24) is 0 Å². The number of hydrogen-bond donors (Lipinski definition) is 1. The van der Waals surface area contributed by atoms with E-state index in [9.17, 15) is 0 Å². The normalized spacial score (nSPS) is 14.5. The minimum absolute atomic E-state index is 0.350. The topological polar surface area (TPSA) is 50.7 Å². The van der Waals surface area contributed by atoms with Crippen LogP contribution in [0.3, 0.4) is 0 Å². The van der Waals surface area contributed by atoms with Gasteiger partial charge in [0, 0.05) is 13.0 Å². The van der Waals surface area contributed by atoms with Crippen molar-refractivity contribution in [2.45, 2.75) is 20.8 Å². The van der Waals surface area contributed by atoms with Crippen molar-refractivity contribution in [1.29, 1.82) is 0 Å². The highest BCUT2D eigenvalue weighted by Gasteiger charge is 2.00. The zero-order chi connectivity index (χ0) is 8.15. The second kappa shape index (κ2) is 4.04. The van der Waals surface area contributed by atoms with Crippen LogP contribution in [0.5, 0.6) is 0 Å². The molecule has 0 aromatic carbocycles. The van der Waals surface area contributed by atoms with E-state index in [2.05, 4.69) is 9.98 Å². The summed E-state index contributed by atoms with van der Waals surface area (Å²) in [4.78, 5) is 8.02. The summed E-state index contributed by atoms with van der Waals surface area (Å²) < 4.78 is 0. The molecule has 0 rings (SSSR count). The molecule has 0 saturated carbocycles. The molecule has 0 radical (unpaired) electrons. The third-order valence-electron chi connectivity index (χ3n) is 1.04. The van der Waals surface area contributed by atoms with Crippen LogP contribution in [-0.2, 0) is 0 Å². The number of amidine groups is 2. The lowest BCUT2D eigenvalue weighted by Crippen LogP contribution is -2.12. The SMILES string of the molecule is CN=C(N=C(C)N)C(C)C. The first kappa shape index (κ1) is 9.14. The highest BCUT2D eigenvalue weighted by molar-refractivity contribution is 5.96. The molecular formula is C7H15N3. The number of hydrogen-bond acceptors (Lipinski definition) is 1. The summed E-state index contributed by atoms with van der Waals surface area (Å²) >= 11 is 0. The van der Waals surface area contributed by atoms with Gasteiger partial charge in [0.2, 0.25) is 0 Å². The van der Waals surface area contributed by atoms with Crippen LogP contribution in [0.25, 0.3) is 0 Å². The Morgan fingerprint density at radius 1 is 1.40 bits per heavy atom. The predicted molar refractivity (Wildman–Crippen MR) is 45.5 cm³/mol. The maximum absolute atomic E-state index is 5.38. The number of rotatable bonds is 1. The van der Waals surface area contributed by atoms with Crippen molar-refractivity contribution >= 4 is 11.7 Å². The van der Waals surface area contributed by atoms with Gasteiger partial charge in [-0.25, -0.2) is 4.99 Å². The summed E-state index contributed by atoms with van der Waals surface area (Å²) in [6.45, 7) is 5.83. The van der Waals surface area contributed by atoms with Crippen LogP contribution in [-0.4, -0.2) is 18.7 Å². The lowest BCUT2D eigenvalue weighted by Gasteiger charge is -2.02. The zero-order valence-corrected chi connectivity index (χ0v) is 7.05. The van der Waals surface area contributed by atoms with E-state index in [0.29, 0.717) is 11.8 Å². The number of nitrogens with zero attached hydrogens (tertiary/aromatic N) is 2. The van der Waals surface area contributed by atoms with Gasteiger partial charge in [0.1, 0.15) is 5.84 Å². The molecule has 10 heavy (non-hydrogen) atoms. The van der Waals surface area contributed by atoms with Gasteiger partial charge in [-0.3, -0.25) is 4.99 Å². The summed E-state index contributed by atoms with van der Waals surface area (Å²) in [5, 5.41) is 0. The Morgan fingerprint density at radius 2 is 1.90 bits per heavy atom. The van der Waals surface area contributed by atoms with E-state index in [-0.39, 0.29) is 0 Å². The average molecular weight is 141 g/mol. The van der Waals surface area contributed by atoms with Crippen LogP contribution in [0.4, 0.5) is 0 Å². The third kappa shape index (κ3) is 3.22.